The lowest BCUT2D eigenvalue weighted by molar-refractivity contribution is -0.0327. The van der Waals surface area contributed by atoms with Crippen LogP contribution in [0, 0.1) is 0 Å². The number of nitrogen functional groups attached to an aromatic ring is 1. The lowest BCUT2D eigenvalue weighted by Gasteiger charge is -2.09. The van der Waals surface area contributed by atoms with Crippen LogP contribution in [0.4, 0.5) is 18.9 Å². The Hall–Kier alpha value is -0.790. The van der Waals surface area contributed by atoms with Crippen molar-refractivity contribution in [3.05, 3.63) is 27.7 Å². The Labute approximate surface area is 121 Å². The summed E-state index contributed by atoms with van der Waals surface area (Å²) in [5.41, 5.74) is 1.46. The van der Waals surface area contributed by atoms with Crippen LogP contribution in [0.2, 0.25) is 10.0 Å². The van der Waals surface area contributed by atoms with Crippen molar-refractivity contribution in [1.29, 1.82) is 0 Å². The number of hydrogen-bond donors (Lipinski definition) is 2. The molecule has 0 unspecified atom stereocenters. The fraction of sp³-hybridized carbons (Fsp3) is 0.300. The highest BCUT2D eigenvalue weighted by molar-refractivity contribution is 8.00. The largest absolute Gasteiger partial charge is 0.441 e. The Morgan fingerprint density at radius 1 is 1.37 bits per heavy atom. The third kappa shape index (κ3) is 5.38. The second-order valence-electron chi connectivity index (χ2n) is 3.41. The lowest BCUT2D eigenvalue weighted by atomic mass is 10.2. The van der Waals surface area contributed by atoms with Crippen molar-refractivity contribution in [2.75, 3.05) is 18.0 Å². The molecule has 106 valence electrons. The Bertz CT molecular complexity index is 483. The molecule has 0 saturated carbocycles. The van der Waals surface area contributed by atoms with Gasteiger partial charge in [-0.25, -0.2) is 0 Å². The van der Waals surface area contributed by atoms with Gasteiger partial charge < -0.3 is 11.1 Å². The Morgan fingerprint density at radius 2 is 2.00 bits per heavy atom. The summed E-state index contributed by atoms with van der Waals surface area (Å²) in [6, 6.07) is 2.68. The van der Waals surface area contributed by atoms with Crippen LogP contribution in [0.25, 0.3) is 0 Å². The maximum Gasteiger partial charge on any atom is 0.441 e. The molecule has 0 aliphatic carbocycles. The second kappa shape index (κ2) is 6.58. The van der Waals surface area contributed by atoms with Crippen molar-refractivity contribution in [3.8, 4) is 0 Å². The highest BCUT2D eigenvalue weighted by Gasteiger charge is 2.27. The van der Waals surface area contributed by atoms with E-state index in [2.05, 4.69) is 5.32 Å². The minimum absolute atomic E-state index is 0.0110. The molecule has 1 amide bonds. The minimum atomic E-state index is -4.32. The number of rotatable bonds is 4. The molecule has 19 heavy (non-hydrogen) atoms. The van der Waals surface area contributed by atoms with Crippen molar-refractivity contribution in [1.82, 2.24) is 5.32 Å². The van der Waals surface area contributed by atoms with E-state index in [1.54, 1.807) is 0 Å². The summed E-state index contributed by atoms with van der Waals surface area (Å²) in [6.07, 6.45) is 0. The monoisotopic (exact) mass is 332 g/mol. The highest BCUT2D eigenvalue weighted by Crippen LogP contribution is 2.30. The van der Waals surface area contributed by atoms with Gasteiger partial charge in [0.1, 0.15) is 0 Å². The van der Waals surface area contributed by atoms with Crippen LogP contribution >= 0.6 is 35.0 Å². The Morgan fingerprint density at radius 3 is 2.58 bits per heavy atom. The average molecular weight is 333 g/mol. The molecule has 0 radical (unpaired) electrons. The summed E-state index contributed by atoms with van der Waals surface area (Å²) in [6.45, 7) is -0.147. The van der Waals surface area contributed by atoms with E-state index >= 15 is 0 Å². The number of carbonyl (C=O) groups excluding carboxylic acids is 1. The van der Waals surface area contributed by atoms with Crippen LogP contribution in [0.3, 0.4) is 0 Å². The number of nitrogens with two attached hydrogens (primary N) is 1. The summed E-state index contributed by atoms with van der Waals surface area (Å²) in [5, 5.41) is 2.43. The number of halogens is 5. The van der Waals surface area contributed by atoms with E-state index in [9.17, 15) is 18.0 Å². The number of alkyl halides is 3. The number of carbonyl (C=O) groups is 1. The standard InChI is InChI=1S/C10H9Cl2F3N2OS/c11-7-4-5(16)3-6(8(7)12)9(18)17-1-2-19-10(13,14)15/h3-4H,1-2,16H2,(H,17,18). The van der Waals surface area contributed by atoms with E-state index in [0.29, 0.717) is 0 Å². The second-order valence-corrected chi connectivity index (χ2v) is 5.36. The summed E-state index contributed by atoms with van der Waals surface area (Å²) < 4.78 is 35.6. The molecular weight excluding hydrogens is 324 g/mol. The van der Waals surface area contributed by atoms with E-state index in [4.69, 9.17) is 28.9 Å². The zero-order valence-electron chi connectivity index (χ0n) is 9.35. The molecule has 0 spiro atoms. The van der Waals surface area contributed by atoms with Gasteiger partial charge in [-0.05, 0) is 23.9 Å². The van der Waals surface area contributed by atoms with E-state index in [1.165, 1.54) is 12.1 Å². The number of amides is 1. The van der Waals surface area contributed by atoms with Crippen LogP contribution in [-0.2, 0) is 0 Å². The van der Waals surface area contributed by atoms with Gasteiger partial charge in [-0.1, -0.05) is 23.2 Å². The molecule has 3 nitrogen and oxygen atoms in total. The predicted molar refractivity (Wildman–Crippen MR) is 71.7 cm³/mol. The fourth-order valence-corrected chi connectivity index (χ4v) is 2.06. The van der Waals surface area contributed by atoms with Crippen LogP contribution in [0.15, 0.2) is 12.1 Å². The lowest BCUT2D eigenvalue weighted by Crippen LogP contribution is -2.27. The maximum atomic E-state index is 11.9. The van der Waals surface area contributed by atoms with Gasteiger partial charge >= 0.3 is 5.51 Å². The van der Waals surface area contributed by atoms with Gasteiger partial charge in [0.05, 0.1) is 15.6 Å². The smallest absolute Gasteiger partial charge is 0.399 e. The molecule has 0 aromatic heterocycles. The minimum Gasteiger partial charge on any atom is -0.399 e. The number of benzene rings is 1. The molecule has 0 heterocycles. The van der Waals surface area contributed by atoms with Crippen molar-refractivity contribution in [2.24, 2.45) is 0 Å². The zero-order valence-corrected chi connectivity index (χ0v) is 11.7. The third-order valence-corrected chi connectivity index (χ3v) is 3.49. The first-order chi connectivity index (χ1) is 8.70. The van der Waals surface area contributed by atoms with Gasteiger partial charge in [-0.3, -0.25) is 4.79 Å². The number of anilines is 1. The van der Waals surface area contributed by atoms with E-state index in [1.807, 2.05) is 0 Å². The molecule has 1 aromatic carbocycles. The number of hydrogen-bond acceptors (Lipinski definition) is 3. The molecule has 0 fully saturated rings. The molecule has 1 rings (SSSR count). The van der Waals surface area contributed by atoms with Crippen molar-refractivity contribution in [2.45, 2.75) is 5.51 Å². The van der Waals surface area contributed by atoms with E-state index < -0.39 is 11.4 Å². The van der Waals surface area contributed by atoms with Crippen molar-refractivity contribution in [3.63, 3.8) is 0 Å². The van der Waals surface area contributed by atoms with E-state index in [-0.39, 0.29) is 45.4 Å². The molecule has 0 aliphatic heterocycles. The maximum absolute atomic E-state index is 11.9. The van der Waals surface area contributed by atoms with Gasteiger partial charge in [0.2, 0.25) is 0 Å². The van der Waals surface area contributed by atoms with Crippen molar-refractivity contribution < 1.29 is 18.0 Å². The summed E-state index contributed by atoms with van der Waals surface area (Å²) in [7, 11) is 0. The van der Waals surface area contributed by atoms with Gasteiger partial charge in [0.15, 0.2) is 0 Å². The number of nitrogens with one attached hydrogen (secondary N) is 1. The third-order valence-electron chi connectivity index (χ3n) is 1.95. The van der Waals surface area contributed by atoms with Gasteiger partial charge in [-0.2, -0.15) is 13.2 Å². The quantitative estimate of drug-likeness (QED) is 0.654. The first-order valence-electron chi connectivity index (χ1n) is 4.94. The first kappa shape index (κ1) is 16.3. The van der Waals surface area contributed by atoms with Crippen LogP contribution in [0.1, 0.15) is 10.4 Å². The van der Waals surface area contributed by atoms with E-state index in [0.717, 1.165) is 0 Å². The Kier molecular flexibility index (Phi) is 5.64. The van der Waals surface area contributed by atoms with Gasteiger partial charge in [-0.15, -0.1) is 0 Å². The first-order valence-corrected chi connectivity index (χ1v) is 6.68. The molecule has 0 aliphatic rings. The summed E-state index contributed by atoms with van der Waals surface area (Å²) in [5.74, 6) is -0.912. The van der Waals surface area contributed by atoms with Gasteiger partial charge in [0, 0.05) is 18.0 Å². The summed E-state index contributed by atoms with van der Waals surface area (Å²) >= 11 is 11.3. The average Bonchev–Trinajstić information content (AvgIpc) is 2.27. The fourth-order valence-electron chi connectivity index (χ4n) is 1.20. The predicted octanol–water partition coefficient (Wildman–Crippen LogP) is 3.56. The molecule has 3 N–H and O–H groups in total. The van der Waals surface area contributed by atoms with Gasteiger partial charge in [0.25, 0.3) is 5.91 Å². The normalized spacial score (nSPS) is 11.4. The Balaban J connectivity index is 2.60. The highest BCUT2D eigenvalue weighted by atomic mass is 35.5. The molecule has 9 heteroatoms. The topological polar surface area (TPSA) is 55.1 Å². The number of thioether (sulfide) groups is 1. The molecule has 0 bridgehead atoms. The summed E-state index contributed by atoms with van der Waals surface area (Å²) in [4.78, 5) is 11.7. The van der Waals surface area contributed by atoms with Crippen LogP contribution < -0.4 is 11.1 Å². The van der Waals surface area contributed by atoms with Crippen LogP contribution in [-0.4, -0.2) is 23.7 Å². The molecule has 1 aromatic rings. The zero-order chi connectivity index (χ0) is 14.6. The van der Waals surface area contributed by atoms with Crippen LogP contribution in [0.5, 0.6) is 0 Å². The van der Waals surface area contributed by atoms with Crippen molar-refractivity contribution >= 4 is 46.6 Å². The molecular formula is C10H9Cl2F3N2OS. The SMILES string of the molecule is Nc1cc(Cl)c(Cl)c(C(=O)NCCSC(F)(F)F)c1. The molecule has 0 atom stereocenters. The molecule has 0 saturated heterocycles.